The minimum absolute atomic E-state index is 0.563. The molecule has 88 valence electrons. The zero-order chi connectivity index (χ0) is 12.3. The van der Waals surface area contributed by atoms with Crippen LogP contribution in [0.5, 0.6) is 5.75 Å². The van der Waals surface area contributed by atoms with E-state index in [-0.39, 0.29) is 0 Å². The summed E-state index contributed by atoms with van der Waals surface area (Å²) in [5, 5.41) is 3.97. The Morgan fingerprint density at radius 1 is 1.41 bits per heavy atom. The Morgan fingerprint density at radius 2 is 2.24 bits per heavy atom. The number of nitrogens with one attached hydrogen (secondary N) is 1. The molecule has 1 N–H and O–H groups in total. The number of rotatable bonds is 4. The Labute approximate surface area is 99.6 Å². The van der Waals surface area contributed by atoms with Crippen molar-refractivity contribution in [1.29, 1.82) is 0 Å². The molecule has 0 unspecified atom stereocenters. The van der Waals surface area contributed by atoms with Crippen LogP contribution in [0.3, 0.4) is 0 Å². The maximum absolute atomic E-state index is 11.0. The van der Waals surface area contributed by atoms with Crippen LogP contribution >= 0.6 is 0 Å². The molecule has 0 bridgehead atoms. The van der Waals surface area contributed by atoms with Gasteiger partial charge in [-0.1, -0.05) is 0 Å². The van der Waals surface area contributed by atoms with E-state index >= 15 is 0 Å². The molecular formula is C13H14N2O2. The highest BCUT2D eigenvalue weighted by atomic mass is 16.5. The minimum Gasteiger partial charge on any atom is -0.497 e. The van der Waals surface area contributed by atoms with E-state index < -0.39 is 0 Å². The number of fused-ring (bicyclic) bond motifs is 1. The van der Waals surface area contributed by atoms with Crippen LogP contribution in [0.2, 0.25) is 0 Å². The second-order valence-corrected chi connectivity index (χ2v) is 3.63. The van der Waals surface area contributed by atoms with E-state index in [0.717, 1.165) is 29.5 Å². The van der Waals surface area contributed by atoms with Crippen molar-refractivity contribution in [2.24, 2.45) is 0 Å². The highest BCUT2D eigenvalue weighted by Crippen LogP contribution is 2.23. The van der Waals surface area contributed by atoms with Gasteiger partial charge in [-0.15, -0.1) is 0 Å². The number of pyridine rings is 1. The van der Waals surface area contributed by atoms with Gasteiger partial charge in [0.2, 0.25) is 0 Å². The van der Waals surface area contributed by atoms with Gasteiger partial charge in [-0.2, -0.15) is 0 Å². The molecule has 4 nitrogen and oxygen atoms in total. The lowest BCUT2D eigenvalue weighted by molar-refractivity contribution is 0.112. The molecule has 0 saturated heterocycles. The molecular weight excluding hydrogens is 216 g/mol. The summed E-state index contributed by atoms with van der Waals surface area (Å²) in [6, 6.07) is 7.41. The molecule has 4 heteroatoms. The average Bonchev–Trinajstić information content (AvgIpc) is 2.37. The molecule has 0 amide bonds. The van der Waals surface area contributed by atoms with Crippen molar-refractivity contribution in [3.05, 3.63) is 29.8 Å². The molecule has 1 aromatic heterocycles. The molecule has 2 rings (SSSR count). The fourth-order valence-electron chi connectivity index (χ4n) is 1.70. The first-order chi connectivity index (χ1) is 8.28. The van der Waals surface area contributed by atoms with Gasteiger partial charge in [-0.25, -0.2) is 4.98 Å². The standard InChI is InChI=1S/C13H14N2O2/c1-3-14-13-10(8-16)6-9-7-11(17-2)4-5-12(9)15-13/h4-8H,3H2,1-2H3,(H,14,15). The summed E-state index contributed by atoms with van der Waals surface area (Å²) in [7, 11) is 1.61. The average molecular weight is 230 g/mol. The zero-order valence-electron chi connectivity index (χ0n) is 9.86. The number of methoxy groups -OCH3 is 1. The lowest BCUT2D eigenvalue weighted by Crippen LogP contribution is -2.03. The molecule has 0 aliphatic heterocycles. The van der Waals surface area contributed by atoms with E-state index in [9.17, 15) is 4.79 Å². The van der Waals surface area contributed by atoms with Gasteiger partial charge < -0.3 is 10.1 Å². The summed E-state index contributed by atoms with van der Waals surface area (Å²) in [5.74, 6) is 1.38. The van der Waals surface area contributed by atoms with Gasteiger partial charge in [0.05, 0.1) is 18.2 Å². The van der Waals surface area contributed by atoms with Gasteiger partial charge in [0, 0.05) is 11.9 Å². The second-order valence-electron chi connectivity index (χ2n) is 3.63. The van der Waals surface area contributed by atoms with Crippen molar-refractivity contribution < 1.29 is 9.53 Å². The molecule has 0 aliphatic rings. The first-order valence-corrected chi connectivity index (χ1v) is 5.46. The van der Waals surface area contributed by atoms with Gasteiger partial charge in [-0.3, -0.25) is 4.79 Å². The van der Waals surface area contributed by atoms with Gasteiger partial charge in [-0.05, 0) is 31.2 Å². The molecule has 1 heterocycles. The number of aromatic nitrogens is 1. The highest BCUT2D eigenvalue weighted by molar-refractivity contribution is 5.92. The Balaban J connectivity index is 2.60. The third-order valence-electron chi connectivity index (χ3n) is 2.52. The Hall–Kier alpha value is -2.10. The molecule has 1 aromatic carbocycles. The van der Waals surface area contributed by atoms with Crippen LogP contribution in [-0.4, -0.2) is 24.9 Å². The van der Waals surface area contributed by atoms with Crippen LogP contribution < -0.4 is 10.1 Å². The number of benzene rings is 1. The molecule has 0 saturated carbocycles. The van der Waals surface area contributed by atoms with Crippen LogP contribution in [0.25, 0.3) is 10.9 Å². The summed E-state index contributed by atoms with van der Waals surface area (Å²) in [5.41, 5.74) is 1.40. The van der Waals surface area contributed by atoms with Gasteiger partial charge >= 0.3 is 0 Å². The maximum Gasteiger partial charge on any atom is 0.153 e. The lowest BCUT2D eigenvalue weighted by atomic mass is 10.1. The number of aldehydes is 1. The first kappa shape index (κ1) is 11.4. The summed E-state index contributed by atoms with van der Waals surface area (Å²) in [4.78, 5) is 15.4. The van der Waals surface area contributed by atoms with Gasteiger partial charge in [0.25, 0.3) is 0 Å². The van der Waals surface area contributed by atoms with Crippen LogP contribution in [0.4, 0.5) is 5.82 Å². The Morgan fingerprint density at radius 3 is 2.88 bits per heavy atom. The van der Waals surface area contributed by atoms with Crippen molar-refractivity contribution >= 4 is 23.0 Å². The van der Waals surface area contributed by atoms with Gasteiger partial charge in [0.15, 0.2) is 6.29 Å². The van der Waals surface area contributed by atoms with Crippen molar-refractivity contribution in [2.75, 3.05) is 19.0 Å². The largest absolute Gasteiger partial charge is 0.497 e. The van der Waals surface area contributed by atoms with Crippen molar-refractivity contribution in [1.82, 2.24) is 4.98 Å². The summed E-state index contributed by atoms with van der Waals surface area (Å²) >= 11 is 0. The summed E-state index contributed by atoms with van der Waals surface area (Å²) in [6.45, 7) is 2.70. The van der Waals surface area contributed by atoms with E-state index in [4.69, 9.17) is 4.74 Å². The highest BCUT2D eigenvalue weighted by Gasteiger charge is 2.06. The van der Waals surface area contributed by atoms with Crippen molar-refractivity contribution in [2.45, 2.75) is 6.92 Å². The summed E-state index contributed by atoms with van der Waals surface area (Å²) in [6.07, 6.45) is 0.809. The monoisotopic (exact) mass is 230 g/mol. The molecule has 0 fully saturated rings. The van der Waals surface area contributed by atoms with E-state index in [1.807, 2.05) is 31.2 Å². The second kappa shape index (κ2) is 4.82. The smallest absolute Gasteiger partial charge is 0.153 e. The number of hydrogen-bond donors (Lipinski definition) is 1. The number of ether oxygens (including phenoxy) is 1. The van der Waals surface area contributed by atoms with E-state index in [2.05, 4.69) is 10.3 Å². The normalized spacial score (nSPS) is 10.2. The summed E-state index contributed by atoms with van der Waals surface area (Å²) < 4.78 is 5.14. The fourth-order valence-corrected chi connectivity index (χ4v) is 1.70. The number of anilines is 1. The van der Waals surface area contributed by atoms with Crippen molar-refractivity contribution in [3.63, 3.8) is 0 Å². The predicted octanol–water partition coefficient (Wildman–Crippen LogP) is 2.49. The number of hydrogen-bond acceptors (Lipinski definition) is 4. The third kappa shape index (κ3) is 2.20. The number of nitrogens with zero attached hydrogens (tertiary/aromatic N) is 1. The first-order valence-electron chi connectivity index (χ1n) is 5.46. The van der Waals surface area contributed by atoms with E-state index in [1.54, 1.807) is 7.11 Å². The van der Waals surface area contributed by atoms with Crippen LogP contribution in [0.1, 0.15) is 17.3 Å². The van der Waals surface area contributed by atoms with Gasteiger partial charge in [0.1, 0.15) is 11.6 Å². The predicted molar refractivity (Wildman–Crippen MR) is 67.8 cm³/mol. The molecule has 0 radical (unpaired) electrons. The topological polar surface area (TPSA) is 51.2 Å². The zero-order valence-corrected chi connectivity index (χ0v) is 9.86. The van der Waals surface area contributed by atoms with E-state index in [0.29, 0.717) is 11.4 Å². The lowest BCUT2D eigenvalue weighted by Gasteiger charge is -2.08. The molecule has 0 atom stereocenters. The van der Waals surface area contributed by atoms with Crippen LogP contribution in [0, 0.1) is 0 Å². The Bertz CT molecular complexity index is 552. The quantitative estimate of drug-likeness (QED) is 0.820. The fraction of sp³-hybridized carbons (Fsp3) is 0.231. The number of carbonyl (C=O) groups is 1. The maximum atomic E-state index is 11.0. The van der Waals surface area contributed by atoms with Crippen LogP contribution in [-0.2, 0) is 0 Å². The molecule has 2 aromatic rings. The van der Waals surface area contributed by atoms with Crippen LogP contribution in [0.15, 0.2) is 24.3 Å². The molecule has 17 heavy (non-hydrogen) atoms. The molecule has 0 spiro atoms. The molecule has 0 aliphatic carbocycles. The van der Waals surface area contributed by atoms with E-state index in [1.165, 1.54) is 0 Å². The number of carbonyl (C=O) groups excluding carboxylic acids is 1. The van der Waals surface area contributed by atoms with Crippen molar-refractivity contribution in [3.8, 4) is 5.75 Å². The Kier molecular flexibility index (Phi) is 3.23. The minimum atomic E-state index is 0.563. The SMILES string of the molecule is CCNc1nc2ccc(OC)cc2cc1C=O. The third-order valence-corrected chi connectivity index (χ3v) is 2.52.